The highest BCUT2D eigenvalue weighted by molar-refractivity contribution is 5.96. The van der Waals surface area contributed by atoms with Gasteiger partial charge < -0.3 is 19.5 Å². The van der Waals surface area contributed by atoms with Gasteiger partial charge in [-0.3, -0.25) is 9.69 Å². The number of fused-ring (bicyclic) bond motifs is 1. The van der Waals surface area contributed by atoms with Crippen LogP contribution in [-0.4, -0.2) is 65.9 Å². The summed E-state index contributed by atoms with van der Waals surface area (Å²) in [7, 11) is 0. The normalized spacial score (nSPS) is 18.5. The van der Waals surface area contributed by atoms with E-state index in [4.69, 9.17) is 9.47 Å². The topological polar surface area (TPSA) is 92.2 Å². The van der Waals surface area contributed by atoms with Crippen LogP contribution in [-0.2, 0) is 11.2 Å². The van der Waals surface area contributed by atoms with Crippen LogP contribution in [0.15, 0.2) is 30.3 Å². The van der Waals surface area contributed by atoms with E-state index in [1.165, 1.54) is 17.0 Å². The number of halogens is 1. The smallest absolute Gasteiger partial charge is 0.412 e. The van der Waals surface area contributed by atoms with Gasteiger partial charge >= 0.3 is 6.09 Å². The molecule has 1 unspecified atom stereocenters. The molecule has 2 amide bonds. The standard InChI is InChI=1S/C21H22FN3O5/c1-13-12-30-19-17(25(13)21(27)28)11-15(10-14-2-4-16(22)5-3-14)18(23-19)20(26)24-6-8-29-9-7-24/h2-5,11,13H,6-10,12H2,1H3,(H,27,28). The summed E-state index contributed by atoms with van der Waals surface area (Å²) in [5.41, 5.74) is 1.85. The summed E-state index contributed by atoms with van der Waals surface area (Å²) < 4.78 is 24.3. The van der Waals surface area contributed by atoms with Crippen LogP contribution in [0.25, 0.3) is 0 Å². The number of ether oxygens (including phenoxy) is 2. The molecule has 1 saturated heterocycles. The third kappa shape index (κ3) is 3.93. The van der Waals surface area contributed by atoms with Crippen LogP contribution >= 0.6 is 0 Å². The lowest BCUT2D eigenvalue weighted by Gasteiger charge is -2.33. The van der Waals surface area contributed by atoms with Gasteiger partial charge in [0.15, 0.2) is 0 Å². The minimum Gasteiger partial charge on any atom is -0.474 e. The van der Waals surface area contributed by atoms with Gasteiger partial charge in [-0.2, -0.15) is 0 Å². The fourth-order valence-corrected chi connectivity index (χ4v) is 3.67. The molecule has 158 valence electrons. The van der Waals surface area contributed by atoms with E-state index in [1.807, 2.05) is 0 Å². The van der Waals surface area contributed by atoms with Gasteiger partial charge in [0, 0.05) is 13.1 Å². The molecule has 2 aliphatic rings. The molecule has 0 spiro atoms. The molecule has 0 bridgehead atoms. The first kappa shape index (κ1) is 20.1. The molecule has 1 fully saturated rings. The van der Waals surface area contributed by atoms with Crippen LogP contribution in [0, 0.1) is 5.82 Å². The second-order valence-corrected chi connectivity index (χ2v) is 7.34. The predicted molar refractivity (Wildman–Crippen MR) is 106 cm³/mol. The Morgan fingerprint density at radius 2 is 1.93 bits per heavy atom. The zero-order valence-corrected chi connectivity index (χ0v) is 16.5. The van der Waals surface area contributed by atoms with Crippen LogP contribution in [0.2, 0.25) is 0 Å². The van der Waals surface area contributed by atoms with Crippen molar-refractivity contribution in [2.24, 2.45) is 0 Å². The van der Waals surface area contributed by atoms with Crippen molar-refractivity contribution in [1.82, 2.24) is 9.88 Å². The second-order valence-electron chi connectivity index (χ2n) is 7.34. The average molecular weight is 415 g/mol. The van der Waals surface area contributed by atoms with Crippen LogP contribution in [0.4, 0.5) is 14.9 Å². The van der Waals surface area contributed by atoms with Gasteiger partial charge in [0.05, 0.1) is 19.3 Å². The van der Waals surface area contributed by atoms with Crippen molar-refractivity contribution < 1.29 is 28.6 Å². The van der Waals surface area contributed by atoms with Gasteiger partial charge in [0.2, 0.25) is 5.88 Å². The Bertz CT molecular complexity index is 960. The van der Waals surface area contributed by atoms with Gasteiger partial charge in [-0.05, 0) is 42.7 Å². The summed E-state index contributed by atoms with van der Waals surface area (Å²) in [5, 5.41) is 9.66. The van der Waals surface area contributed by atoms with Crippen molar-refractivity contribution in [2.45, 2.75) is 19.4 Å². The largest absolute Gasteiger partial charge is 0.474 e. The quantitative estimate of drug-likeness (QED) is 0.828. The Morgan fingerprint density at radius 1 is 1.23 bits per heavy atom. The summed E-state index contributed by atoms with van der Waals surface area (Å²) >= 11 is 0. The van der Waals surface area contributed by atoms with Crippen molar-refractivity contribution in [3.05, 3.63) is 53.0 Å². The lowest BCUT2D eigenvalue weighted by Crippen LogP contribution is -2.45. The maximum absolute atomic E-state index is 13.3. The zero-order valence-electron chi connectivity index (χ0n) is 16.5. The number of hydrogen-bond donors (Lipinski definition) is 1. The summed E-state index contributed by atoms with van der Waals surface area (Å²) in [4.78, 5) is 32.3. The maximum atomic E-state index is 13.3. The van der Waals surface area contributed by atoms with E-state index in [1.54, 1.807) is 30.0 Å². The van der Waals surface area contributed by atoms with Crippen LogP contribution in [0.3, 0.4) is 0 Å². The van der Waals surface area contributed by atoms with Crippen molar-refractivity contribution in [2.75, 3.05) is 37.8 Å². The summed E-state index contributed by atoms with van der Waals surface area (Å²) in [6.07, 6.45) is -0.817. The summed E-state index contributed by atoms with van der Waals surface area (Å²) in [6.45, 7) is 3.69. The predicted octanol–water partition coefficient (Wildman–Crippen LogP) is 2.55. The molecule has 2 aliphatic heterocycles. The van der Waals surface area contributed by atoms with Gasteiger partial charge in [-0.1, -0.05) is 12.1 Å². The molecule has 4 rings (SSSR count). The third-order valence-electron chi connectivity index (χ3n) is 5.22. The third-order valence-corrected chi connectivity index (χ3v) is 5.22. The number of rotatable bonds is 3. The Kier molecular flexibility index (Phi) is 5.54. The number of hydrogen-bond acceptors (Lipinski definition) is 5. The molecule has 0 aliphatic carbocycles. The first-order chi connectivity index (χ1) is 14.4. The molecule has 9 heteroatoms. The minimum absolute atomic E-state index is 0.120. The van der Waals surface area contributed by atoms with E-state index in [0.29, 0.717) is 44.0 Å². The van der Waals surface area contributed by atoms with Gasteiger partial charge in [-0.15, -0.1) is 0 Å². The Hall–Kier alpha value is -3.20. The molecule has 1 N–H and O–H groups in total. The van der Waals surface area contributed by atoms with E-state index >= 15 is 0 Å². The maximum Gasteiger partial charge on any atom is 0.412 e. The van der Waals surface area contributed by atoms with Crippen LogP contribution in [0.5, 0.6) is 5.88 Å². The molecule has 1 aromatic heterocycles. The molecular formula is C21H22FN3O5. The van der Waals surface area contributed by atoms with E-state index in [2.05, 4.69) is 4.98 Å². The number of benzene rings is 1. The van der Waals surface area contributed by atoms with Gasteiger partial charge in [0.1, 0.15) is 23.8 Å². The first-order valence-corrected chi connectivity index (χ1v) is 9.74. The lowest BCUT2D eigenvalue weighted by molar-refractivity contribution is 0.0297. The number of anilines is 1. The first-order valence-electron chi connectivity index (χ1n) is 9.74. The summed E-state index contributed by atoms with van der Waals surface area (Å²) in [6, 6.07) is 7.20. The number of morpholine rings is 1. The second kappa shape index (κ2) is 8.27. The zero-order chi connectivity index (χ0) is 21.3. The highest BCUT2D eigenvalue weighted by Crippen LogP contribution is 2.35. The number of nitrogens with zero attached hydrogens (tertiary/aromatic N) is 3. The van der Waals surface area contributed by atoms with Crippen molar-refractivity contribution in [3.8, 4) is 5.88 Å². The van der Waals surface area contributed by atoms with E-state index in [-0.39, 0.29) is 29.9 Å². The fourth-order valence-electron chi connectivity index (χ4n) is 3.67. The molecule has 3 heterocycles. The Labute approximate surface area is 172 Å². The molecule has 1 atom stereocenters. The number of aromatic nitrogens is 1. The molecular weight excluding hydrogens is 393 g/mol. The lowest BCUT2D eigenvalue weighted by atomic mass is 10.0. The van der Waals surface area contributed by atoms with E-state index in [9.17, 15) is 19.1 Å². The highest BCUT2D eigenvalue weighted by atomic mass is 19.1. The number of carbonyl (C=O) groups excluding carboxylic acids is 1. The fraction of sp³-hybridized carbons (Fsp3) is 0.381. The number of amides is 2. The Balaban J connectivity index is 1.78. The number of carbonyl (C=O) groups is 2. The SMILES string of the molecule is CC1COc2nc(C(=O)N3CCOCC3)c(Cc3ccc(F)cc3)cc2N1C(=O)O. The molecule has 2 aromatic rings. The monoisotopic (exact) mass is 415 g/mol. The molecule has 30 heavy (non-hydrogen) atoms. The van der Waals surface area contributed by atoms with Gasteiger partial charge in [0.25, 0.3) is 5.91 Å². The van der Waals surface area contributed by atoms with Crippen LogP contribution < -0.4 is 9.64 Å². The molecule has 8 nitrogen and oxygen atoms in total. The number of pyridine rings is 1. The molecule has 1 aromatic carbocycles. The highest BCUT2D eigenvalue weighted by Gasteiger charge is 2.33. The summed E-state index contributed by atoms with van der Waals surface area (Å²) in [5.74, 6) is -0.497. The molecule has 0 saturated carbocycles. The van der Waals surface area contributed by atoms with Gasteiger partial charge in [-0.25, -0.2) is 14.2 Å². The van der Waals surface area contributed by atoms with E-state index in [0.717, 1.165) is 5.56 Å². The van der Waals surface area contributed by atoms with Crippen LogP contribution in [0.1, 0.15) is 28.5 Å². The number of carboxylic acid groups (broad SMARTS) is 1. The van der Waals surface area contributed by atoms with Crippen molar-refractivity contribution in [1.29, 1.82) is 0 Å². The Morgan fingerprint density at radius 3 is 2.60 bits per heavy atom. The molecule has 0 radical (unpaired) electrons. The van der Waals surface area contributed by atoms with E-state index < -0.39 is 12.1 Å². The van der Waals surface area contributed by atoms with Crippen molar-refractivity contribution >= 4 is 17.7 Å². The van der Waals surface area contributed by atoms with Crippen molar-refractivity contribution in [3.63, 3.8) is 0 Å². The average Bonchev–Trinajstić information content (AvgIpc) is 2.74. The minimum atomic E-state index is -1.12.